The first-order valence-electron chi connectivity index (χ1n) is 6.18. The molecule has 0 spiro atoms. The molecule has 0 aliphatic heterocycles. The van der Waals surface area contributed by atoms with Crippen LogP contribution in [-0.2, 0) is 4.79 Å². The van der Waals surface area contributed by atoms with Crippen molar-refractivity contribution in [3.63, 3.8) is 0 Å². The molecule has 1 aliphatic carbocycles. The van der Waals surface area contributed by atoms with Crippen molar-refractivity contribution in [2.45, 2.75) is 44.6 Å². The average Bonchev–Trinajstić information content (AvgIpc) is 2.30. The van der Waals surface area contributed by atoms with Gasteiger partial charge in [0.25, 0.3) is 0 Å². The van der Waals surface area contributed by atoms with E-state index in [1.54, 1.807) is 0 Å². The Morgan fingerprint density at radius 1 is 1.44 bits per heavy atom. The summed E-state index contributed by atoms with van der Waals surface area (Å²) in [6.45, 7) is 2.97. The molecule has 1 amide bonds. The molecule has 94 valence electrons. The summed E-state index contributed by atoms with van der Waals surface area (Å²) in [5.74, 6) is 0.756. The highest BCUT2D eigenvalue weighted by Gasteiger charge is 2.34. The summed E-state index contributed by atoms with van der Waals surface area (Å²) in [7, 11) is 1.83. The lowest BCUT2D eigenvalue weighted by molar-refractivity contribution is -0.124. The highest BCUT2D eigenvalue weighted by Crippen LogP contribution is 2.31. The Kier molecular flexibility index (Phi) is 5.22. The van der Waals surface area contributed by atoms with Crippen LogP contribution >= 0.6 is 0 Å². The number of hydrogen-bond acceptors (Lipinski definition) is 3. The van der Waals surface area contributed by atoms with E-state index in [0.717, 1.165) is 25.7 Å². The summed E-state index contributed by atoms with van der Waals surface area (Å²) in [6.07, 6.45) is 4.46. The normalized spacial score (nSPS) is 30.1. The zero-order valence-corrected chi connectivity index (χ0v) is 10.4. The Hall–Kier alpha value is -0.610. The minimum absolute atomic E-state index is 0.0398. The van der Waals surface area contributed by atoms with Gasteiger partial charge in [-0.1, -0.05) is 6.92 Å². The Labute approximate surface area is 97.8 Å². The van der Waals surface area contributed by atoms with Crippen LogP contribution in [0, 0.1) is 5.92 Å². The fourth-order valence-corrected chi connectivity index (χ4v) is 2.23. The molecule has 0 aromatic rings. The van der Waals surface area contributed by atoms with Gasteiger partial charge < -0.3 is 15.7 Å². The predicted molar refractivity (Wildman–Crippen MR) is 64.1 cm³/mol. The number of hydrogen-bond donors (Lipinski definition) is 3. The van der Waals surface area contributed by atoms with Gasteiger partial charge in [0.15, 0.2) is 0 Å². The van der Waals surface area contributed by atoms with E-state index in [-0.39, 0.29) is 18.1 Å². The Morgan fingerprint density at radius 2 is 2.06 bits per heavy atom. The van der Waals surface area contributed by atoms with E-state index < -0.39 is 0 Å². The monoisotopic (exact) mass is 228 g/mol. The molecule has 0 radical (unpaired) electrons. The first-order valence-corrected chi connectivity index (χ1v) is 6.18. The van der Waals surface area contributed by atoms with Crippen LogP contribution < -0.4 is 10.6 Å². The molecule has 1 fully saturated rings. The topological polar surface area (TPSA) is 61.4 Å². The standard InChI is InChI=1S/C12H24N2O2/c1-10-3-6-12(9-15,7-4-10)14-11(16)5-8-13-2/h10,13,15H,3-9H2,1-2H3,(H,14,16). The van der Waals surface area contributed by atoms with Crippen LogP contribution in [0.5, 0.6) is 0 Å². The van der Waals surface area contributed by atoms with Crippen molar-refractivity contribution in [2.24, 2.45) is 5.92 Å². The maximum atomic E-state index is 11.7. The van der Waals surface area contributed by atoms with Gasteiger partial charge in [0.2, 0.25) is 5.91 Å². The van der Waals surface area contributed by atoms with E-state index >= 15 is 0 Å². The molecular formula is C12H24N2O2. The zero-order valence-electron chi connectivity index (χ0n) is 10.4. The Balaban J connectivity index is 2.44. The van der Waals surface area contributed by atoms with E-state index in [0.29, 0.717) is 18.9 Å². The number of carbonyl (C=O) groups excluding carboxylic acids is 1. The van der Waals surface area contributed by atoms with Gasteiger partial charge in [-0.25, -0.2) is 0 Å². The SMILES string of the molecule is CNCCC(=O)NC1(CO)CCC(C)CC1. The first-order chi connectivity index (χ1) is 7.62. The van der Waals surface area contributed by atoms with Gasteiger partial charge in [0.1, 0.15) is 0 Å². The second-order valence-electron chi connectivity index (χ2n) is 5.02. The van der Waals surface area contributed by atoms with Crippen LogP contribution in [0.1, 0.15) is 39.0 Å². The second-order valence-corrected chi connectivity index (χ2v) is 5.02. The van der Waals surface area contributed by atoms with Gasteiger partial charge in [0, 0.05) is 13.0 Å². The van der Waals surface area contributed by atoms with Gasteiger partial charge in [-0.2, -0.15) is 0 Å². The lowest BCUT2D eigenvalue weighted by Gasteiger charge is -2.38. The van der Waals surface area contributed by atoms with E-state index in [1.807, 2.05) is 7.05 Å². The molecule has 4 nitrogen and oxygen atoms in total. The lowest BCUT2D eigenvalue weighted by atomic mass is 9.77. The average molecular weight is 228 g/mol. The predicted octanol–water partition coefficient (Wildman–Crippen LogP) is 0.653. The van der Waals surface area contributed by atoms with Gasteiger partial charge in [-0.3, -0.25) is 4.79 Å². The molecule has 0 atom stereocenters. The fourth-order valence-electron chi connectivity index (χ4n) is 2.23. The Morgan fingerprint density at radius 3 is 2.56 bits per heavy atom. The third kappa shape index (κ3) is 3.76. The molecule has 0 aromatic heterocycles. The fraction of sp³-hybridized carbons (Fsp3) is 0.917. The van der Waals surface area contributed by atoms with Crippen LogP contribution in [-0.4, -0.2) is 36.8 Å². The van der Waals surface area contributed by atoms with Gasteiger partial charge >= 0.3 is 0 Å². The van der Waals surface area contributed by atoms with Crippen LogP contribution in [0.15, 0.2) is 0 Å². The molecule has 4 heteroatoms. The van der Waals surface area contributed by atoms with E-state index in [2.05, 4.69) is 17.6 Å². The number of nitrogens with one attached hydrogen (secondary N) is 2. The minimum Gasteiger partial charge on any atom is -0.394 e. The summed E-state index contributed by atoms with van der Waals surface area (Å²) in [6, 6.07) is 0. The van der Waals surface area contributed by atoms with Gasteiger partial charge in [-0.05, 0) is 38.6 Å². The van der Waals surface area contributed by atoms with E-state index in [4.69, 9.17) is 0 Å². The summed E-state index contributed by atoms with van der Waals surface area (Å²) in [5, 5.41) is 15.4. The number of carbonyl (C=O) groups is 1. The molecule has 0 heterocycles. The number of aliphatic hydroxyl groups excluding tert-OH is 1. The molecule has 1 aliphatic rings. The maximum Gasteiger partial charge on any atom is 0.221 e. The molecule has 1 saturated carbocycles. The highest BCUT2D eigenvalue weighted by molar-refractivity contribution is 5.77. The van der Waals surface area contributed by atoms with Crippen LogP contribution in [0.2, 0.25) is 0 Å². The van der Waals surface area contributed by atoms with E-state index in [1.165, 1.54) is 0 Å². The second kappa shape index (κ2) is 6.21. The third-order valence-electron chi connectivity index (χ3n) is 3.54. The number of amides is 1. The quantitative estimate of drug-likeness (QED) is 0.647. The third-order valence-corrected chi connectivity index (χ3v) is 3.54. The van der Waals surface area contributed by atoms with Crippen molar-refractivity contribution in [3.8, 4) is 0 Å². The van der Waals surface area contributed by atoms with Crippen LogP contribution in [0.25, 0.3) is 0 Å². The minimum atomic E-state index is -0.350. The van der Waals surface area contributed by atoms with Crippen LogP contribution in [0.4, 0.5) is 0 Å². The van der Waals surface area contributed by atoms with Crippen molar-refractivity contribution in [1.82, 2.24) is 10.6 Å². The number of rotatable bonds is 5. The van der Waals surface area contributed by atoms with Gasteiger partial charge in [-0.15, -0.1) is 0 Å². The Bertz CT molecular complexity index is 223. The van der Waals surface area contributed by atoms with Crippen molar-refractivity contribution < 1.29 is 9.90 Å². The molecule has 3 N–H and O–H groups in total. The zero-order chi connectivity index (χ0) is 12.0. The maximum absolute atomic E-state index is 11.7. The highest BCUT2D eigenvalue weighted by atomic mass is 16.3. The summed E-state index contributed by atoms with van der Waals surface area (Å²) in [4.78, 5) is 11.7. The lowest BCUT2D eigenvalue weighted by Crippen LogP contribution is -2.53. The van der Waals surface area contributed by atoms with E-state index in [9.17, 15) is 9.90 Å². The van der Waals surface area contributed by atoms with Crippen molar-refractivity contribution >= 4 is 5.91 Å². The molecule has 0 bridgehead atoms. The van der Waals surface area contributed by atoms with Crippen molar-refractivity contribution in [3.05, 3.63) is 0 Å². The molecular weight excluding hydrogens is 204 g/mol. The smallest absolute Gasteiger partial charge is 0.221 e. The molecule has 16 heavy (non-hydrogen) atoms. The van der Waals surface area contributed by atoms with Gasteiger partial charge in [0.05, 0.1) is 12.1 Å². The molecule has 0 aromatic carbocycles. The summed E-state index contributed by atoms with van der Waals surface area (Å²) in [5.41, 5.74) is -0.350. The molecule has 1 rings (SSSR count). The largest absolute Gasteiger partial charge is 0.394 e. The number of aliphatic hydroxyl groups is 1. The summed E-state index contributed by atoms with van der Waals surface area (Å²) >= 11 is 0. The molecule has 0 unspecified atom stereocenters. The van der Waals surface area contributed by atoms with Crippen LogP contribution in [0.3, 0.4) is 0 Å². The summed E-state index contributed by atoms with van der Waals surface area (Å²) < 4.78 is 0. The van der Waals surface area contributed by atoms with Crippen molar-refractivity contribution in [2.75, 3.05) is 20.2 Å². The van der Waals surface area contributed by atoms with Crippen molar-refractivity contribution in [1.29, 1.82) is 0 Å². The first kappa shape index (κ1) is 13.5. The molecule has 0 saturated heterocycles.